The van der Waals surface area contributed by atoms with Gasteiger partial charge in [0.25, 0.3) is 5.91 Å². The van der Waals surface area contributed by atoms with E-state index in [4.69, 9.17) is 4.74 Å². The SMILES string of the molecule is Cc1ccc(C(=O)N(C)c2ccc(C(C)(C)C)cc2)cc1S(=O)(=O)N1CCOCC1. The van der Waals surface area contributed by atoms with Crippen molar-refractivity contribution in [1.82, 2.24) is 4.31 Å². The predicted octanol–water partition coefficient (Wildman–Crippen LogP) is 3.59. The van der Waals surface area contributed by atoms with Crippen LogP contribution < -0.4 is 4.90 Å². The standard InChI is InChI=1S/C23H30N2O4S/c1-17-6-7-18(16-21(17)30(27,28)25-12-14-29-15-13-25)22(26)24(5)20-10-8-19(9-11-20)23(2,3)4/h6-11,16H,12-15H2,1-5H3. The molecule has 162 valence electrons. The minimum atomic E-state index is -3.68. The van der Waals surface area contributed by atoms with Gasteiger partial charge < -0.3 is 9.64 Å². The fraction of sp³-hybridized carbons (Fsp3) is 0.435. The van der Waals surface area contributed by atoms with Crippen molar-refractivity contribution in [3.8, 4) is 0 Å². The lowest BCUT2D eigenvalue weighted by Gasteiger charge is -2.27. The molecule has 0 N–H and O–H groups in total. The Morgan fingerprint density at radius 1 is 1.03 bits per heavy atom. The monoisotopic (exact) mass is 430 g/mol. The van der Waals surface area contributed by atoms with Gasteiger partial charge >= 0.3 is 0 Å². The van der Waals surface area contributed by atoms with E-state index < -0.39 is 10.0 Å². The molecule has 0 radical (unpaired) electrons. The van der Waals surface area contributed by atoms with E-state index in [0.717, 1.165) is 5.69 Å². The molecule has 3 rings (SSSR count). The average molecular weight is 431 g/mol. The first-order valence-electron chi connectivity index (χ1n) is 10.1. The Balaban J connectivity index is 1.89. The van der Waals surface area contributed by atoms with Gasteiger partial charge in [-0.2, -0.15) is 4.31 Å². The average Bonchev–Trinajstić information content (AvgIpc) is 2.73. The van der Waals surface area contributed by atoms with Gasteiger partial charge in [0.1, 0.15) is 0 Å². The molecule has 0 saturated carbocycles. The minimum Gasteiger partial charge on any atom is -0.379 e. The Hall–Kier alpha value is -2.22. The van der Waals surface area contributed by atoms with Crippen molar-refractivity contribution < 1.29 is 17.9 Å². The number of carbonyl (C=O) groups excluding carboxylic acids is 1. The summed E-state index contributed by atoms with van der Waals surface area (Å²) in [5, 5.41) is 0. The summed E-state index contributed by atoms with van der Waals surface area (Å²) in [4.78, 5) is 14.8. The molecule has 0 atom stereocenters. The predicted molar refractivity (Wildman–Crippen MR) is 119 cm³/mol. The van der Waals surface area contributed by atoms with E-state index in [2.05, 4.69) is 20.8 Å². The lowest BCUT2D eigenvalue weighted by Crippen LogP contribution is -2.41. The summed E-state index contributed by atoms with van der Waals surface area (Å²) in [5.74, 6) is -0.253. The Morgan fingerprint density at radius 2 is 1.63 bits per heavy atom. The second-order valence-electron chi connectivity index (χ2n) is 8.66. The molecule has 1 saturated heterocycles. The molecule has 0 unspecified atom stereocenters. The number of amides is 1. The Bertz CT molecular complexity index is 1020. The lowest BCUT2D eigenvalue weighted by molar-refractivity contribution is 0.0730. The third-order valence-electron chi connectivity index (χ3n) is 5.45. The third-order valence-corrected chi connectivity index (χ3v) is 7.49. The molecule has 30 heavy (non-hydrogen) atoms. The number of hydrogen-bond donors (Lipinski definition) is 0. The van der Waals surface area contributed by atoms with Gasteiger partial charge in [0.2, 0.25) is 10.0 Å². The van der Waals surface area contributed by atoms with Crippen LogP contribution >= 0.6 is 0 Å². The van der Waals surface area contributed by atoms with Crippen LogP contribution in [0.3, 0.4) is 0 Å². The molecular formula is C23H30N2O4S. The van der Waals surface area contributed by atoms with Crippen LogP contribution in [0.1, 0.15) is 42.3 Å². The summed E-state index contributed by atoms with van der Waals surface area (Å²) in [7, 11) is -1.98. The third kappa shape index (κ3) is 4.58. The van der Waals surface area contributed by atoms with Gasteiger partial charge in [0, 0.05) is 31.4 Å². The van der Waals surface area contributed by atoms with Crippen molar-refractivity contribution in [1.29, 1.82) is 0 Å². The number of sulfonamides is 1. The Kier molecular flexibility index (Phi) is 6.36. The zero-order valence-electron chi connectivity index (χ0n) is 18.3. The maximum absolute atomic E-state index is 13.1. The van der Waals surface area contributed by atoms with Crippen LogP contribution in [-0.4, -0.2) is 52.0 Å². The van der Waals surface area contributed by atoms with Crippen LogP contribution in [0.4, 0.5) is 5.69 Å². The van der Waals surface area contributed by atoms with Crippen LogP contribution in [0, 0.1) is 6.92 Å². The largest absolute Gasteiger partial charge is 0.379 e. The summed E-state index contributed by atoms with van der Waals surface area (Å²) in [6, 6.07) is 12.7. The molecule has 1 heterocycles. The molecule has 0 aromatic heterocycles. The molecular weight excluding hydrogens is 400 g/mol. The highest BCUT2D eigenvalue weighted by atomic mass is 32.2. The van der Waals surface area contributed by atoms with Gasteiger partial charge in [0.15, 0.2) is 0 Å². The number of nitrogens with zero attached hydrogens (tertiary/aromatic N) is 2. The molecule has 2 aromatic rings. The normalized spacial score (nSPS) is 15.8. The van der Waals surface area contributed by atoms with Crippen LogP contribution in [0.25, 0.3) is 0 Å². The first-order valence-corrected chi connectivity index (χ1v) is 11.5. The van der Waals surface area contributed by atoms with E-state index in [0.29, 0.717) is 37.4 Å². The second kappa shape index (κ2) is 8.49. The fourth-order valence-corrected chi connectivity index (χ4v) is 5.09. The molecule has 0 spiro atoms. The highest BCUT2D eigenvalue weighted by Gasteiger charge is 2.29. The number of anilines is 1. The summed E-state index contributed by atoms with van der Waals surface area (Å²) >= 11 is 0. The van der Waals surface area contributed by atoms with Gasteiger partial charge in [-0.3, -0.25) is 4.79 Å². The number of carbonyl (C=O) groups is 1. The molecule has 1 aliphatic rings. The van der Waals surface area contributed by atoms with Crippen LogP contribution in [0.2, 0.25) is 0 Å². The fourth-order valence-electron chi connectivity index (χ4n) is 3.43. The summed E-state index contributed by atoms with van der Waals surface area (Å²) in [6.07, 6.45) is 0. The minimum absolute atomic E-state index is 0.0286. The van der Waals surface area contributed by atoms with E-state index in [1.807, 2.05) is 24.3 Å². The smallest absolute Gasteiger partial charge is 0.258 e. The summed E-state index contributed by atoms with van der Waals surface area (Å²) in [6.45, 7) is 9.56. The number of aryl methyl sites for hydroxylation is 1. The summed E-state index contributed by atoms with van der Waals surface area (Å²) < 4.78 is 32.9. The number of rotatable bonds is 4. The van der Waals surface area contributed by atoms with Gasteiger partial charge in [-0.05, 0) is 47.7 Å². The van der Waals surface area contributed by atoms with Crippen molar-refractivity contribution in [3.63, 3.8) is 0 Å². The van der Waals surface area contributed by atoms with Gasteiger partial charge in [0.05, 0.1) is 18.1 Å². The van der Waals surface area contributed by atoms with Gasteiger partial charge in [-0.15, -0.1) is 0 Å². The topological polar surface area (TPSA) is 66.9 Å². The van der Waals surface area contributed by atoms with Gasteiger partial charge in [-0.1, -0.05) is 39.0 Å². The maximum Gasteiger partial charge on any atom is 0.258 e. The van der Waals surface area contributed by atoms with Crippen LogP contribution in [-0.2, 0) is 20.2 Å². The van der Waals surface area contributed by atoms with Crippen molar-refractivity contribution in [2.45, 2.75) is 38.0 Å². The van der Waals surface area contributed by atoms with Gasteiger partial charge in [-0.25, -0.2) is 8.42 Å². The molecule has 2 aromatic carbocycles. The van der Waals surface area contributed by atoms with E-state index >= 15 is 0 Å². The highest BCUT2D eigenvalue weighted by molar-refractivity contribution is 7.89. The van der Waals surface area contributed by atoms with E-state index in [1.165, 1.54) is 15.9 Å². The molecule has 6 nitrogen and oxygen atoms in total. The lowest BCUT2D eigenvalue weighted by atomic mass is 9.87. The van der Waals surface area contributed by atoms with Crippen LogP contribution in [0.5, 0.6) is 0 Å². The first-order chi connectivity index (χ1) is 14.0. The number of benzene rings is 2. The molecule has 1 amide bonds. The maximum atomic E-state index is 13.1. The number of hydrogen-bond acceptors (Lipinski definition) is 4. The van der Waals surface area contributed by atoms with E-state index in [9.17, 15) is 13.2 Å². The zero-order chi connectivity index (χ0) is 22.1. The first kappa shape index (κ1) is 22.5. The number of ether oxygens (including phenoxy) is 1. The number of morpholine rings is 1. The highest BCUT2D eigenvalue weighted by Crippen LogP contribution is 2.26. The van der Waals surface area contributed by atoms with Crippen molar-refractivity contribution >= 4 is 21.6 Å². The quantitative estimate of drug-likeness (QED) is 0.744. The Morgan fingerprint density at radius 3 is 2.20 bits per heavy atom. The molecule has 0 aliphatic carbocycles. The van der Waals surface area contributed by atoms with Crippen molar-refractivity contribution in [2.75, 3.05) is 38.3 Å². The molecule has 7 heteroatoms. The second-order valence-corrected chi connectivity index (χ2v) is 10.6. The van der Waals surface area contributed by atoms with Crippen molar-refractivity contribution in [2.24, 2.45) is 0 Å². The summed E-state index contributed by atoms with van der Waals surface area (Å²) in [5.41, 5.74) is 2.93. The zero-order valence-corrected chi connectivity index (χ0v) is 19.1. The van der Waals surface area contributed by atoms with Crippen molar-refractivity contribution in [3.05, 3.63) is 59.2 Å². The molecule has 1 aliphatic heterocycles. The molecule has 0 bridgehead atoms. The van der Waals surface area contributed by atoms with E-state index in [-0.39, 0.29) is 16.2 Å². The molecule has 1 fully saturated rings. The van der Waals surface area contributed by atoms with Crippen LogP contribution in [0.15, 0.2) is 47.4 Å². The van der Waals surface area contributed by atoms with E-state index in [1.54, 1.807) is 31.0 Å². The Labute approximate surface area is 179 Å².